The molecule has 37 heavy (non-hydrogen) atoms. The summed E-state index contributed by atoms with van der Waals surface area (Å²) in [5, 5.41) is 5.47. The molecule has 0 aromatic heterocycles. The summed E-state index contributed by atoms with van der Waals surface area (Å²) < 4.78 is 0. The average Bonchev–Trinajstić information content (AvgIpc) is 2.89. The van der Waals surface area contributed by atoms with Gasteiger partial charge in [0.25, 0.3) is 5.91 Å². The number of anilines is 2. The van der Waals surface area contributed by atoms with Crippen LogP contribution in [0.4, 0.5) is 16.2 Å². The molecule has 198 valence electrons. The van der Waals surface area contributed by atoms with Crippen molar-refractivity contribution >= 4 is 34.9 Å². The summed E-state index contributed by atoms with van der Waals surface area (Å²) in [5.41, 5.74) is 4.51. The molecule has 3 rings (SSSR count). The summed E-state index contributed by atoms with van der Waals surface area (Å²) >= 11 is 0. The fourth-order valence-corrected chi connectivity index (χ4v) is 4.55. The van der Waals surface area contributed by atoms with Crippen LogP contribution in [0.25, 0.3) is 0 Å². The minimum Gasteiger partial charge on any atom is -0.341 e. The van der Waals surface area contributed by atoms with Crippen LogP contribution in [0.3, 0.4) is 0 Å². The normalized spacial score (nSPS) is 15.3. The molecular formula is C29H39N5O3. The molecule has 0 saturated carbocycles. The van der Waals surface area contributed by atoms with E-state index < -0.39 is 18.1 Å². The fourth-order valence-electron chi connectivity index (χ4n) is 4.55. The molecule has 1 aliphatic rings. The Morgan fingerprint density at radius 3 is 2.27 bits per heavy atom. The van der Waals surface area contributed by atoms with E-state index in [-0.39, 0.29) is 12.5 Å². The number of aliphatic imine (C=N–C) groups is 1. The van der Waals surface area contributed by atoms with Crippen molar-refractivity contribution in [3.8, 4) is 0 Å². The standard InChI is InChI=1S/C29H39N5O3/c1-18(2)15-33(16-19(3)4)25(35)17-34-26-21(6)11-9-13-24(26)22(7)30-27(28(34)36)32-29(37)31-23-12-8-10-20(5)14-23/h8-14,18-19,27H,15-17H2,1-7H3,(H2,31,32,37)/t27-/m0/s1. The monoisotopic (exact) mass is 505 g/mol. The van der Waals surface area contributed by atoms with Crippen LogP contribution in [0.2, 0.25) is 0 Å². The van der Waals surface area contributed by atoms with Crippen molar-refractivity contribution in [3.05, 3.63) is 59.2 Å². The third kappa shape index (κ3) is 7.18. The molecule has 2 N–H and O–H groups in total. The number of para-hydroxylation sites is 1. The van der Waals surface area contributed by atoms with E-state index in [0.29, 0.717) is 42.0 Å². The average molecular weight is 506 g/mol. The Labute approximate surface area is 220 Å². The van der Waals surface area contributed by atoms with Gasteiger partial charge in [-0.15, -0.1) is 0 Å². The molecule has 0 bridgehead atoms. The lowest BCUT2D eigenvalue weighted by molar-refractivity contribution is -0.132. The van der Waals surface area contributed by atoms with E-state index in [1.807, 2.05) is 62.1 Å². The Hall–Kier alpha value is -3.68. The number of benzene rings is 2. The Balaban J connectivity index is 1.92. The van der Waals surface area contributed by atoms with Gasteiger partial charge < -0.3 is 15.5 Å². The Bertz CT molecular complexity index is 1180. The molecule has 4 amide bonds. The Morgan fingerprint density at radius 2 is 1.65 bits per heavy atom. The summed E-state index contributed by atoms with van der Waals surface area (Å²) in [6.45, 7) is 15.0. The Morgan fingerprint density at radius 1 is 1.00 bits per heavy atom. The number of urea groups is 1. The second kappa shape index (κ2) is 12.0. The van der Waals surface area contributed by atoms with Gasteiger partial charge in [-0.2, -0.15) is 0 Å². The predicted octanol–water partition coefficient (Wildman–Crippen LogP) is 4.75. The maximum atomic E-state index is 13.9. The molecule has 8 nitrogen and oxygen atoms in total. The van der Waals surface area contributed by atoms with Gasteiger partial charge in [0, 0.05) is 30.1 Å². The maximum Gasteiger partial charge on any atom is 0.321 e. The van der Waals surface area contributed by atoms with Gasteiger partial charge in [-0.25, -0.2) is 4.79 Å². The number of carbonyl (C=O) groups excluding carboxylic acids is 3. The predicted molar refractivity (Wildman–Crippen MR) is 149 cm³/mol. The Kier molecular flexibility index (Phi) is 9.08. The van der Waals surface area contributed by atoms with E-state index in [1.165, 1.54) is 4.90 Å². The van der Waals surface area contributed by atoms with E-state index >= 15 is 0 Å². The van der Waals surface area contributed by atoms with Crippen LogP contribution in [-0.2, 0) is 9.59 Å². The third-order valence-corrected chi connectivity index (χ3v) is 6.08. The molecule has 0 unspecified atom stereocenters. The van der Waals surface area contributed by atoms with Gasteiger partial charge in [-0.1, -0.05) is 58.0 Å². The zero-order valence-electron chi connectivity index (χ0n) is 23.0. The molecule has 2 aromatic rings. The van der Waals surface area contributed by atoms with Crippen molar-refractivity contribution in [3.63, 3.8) is 0 Å². The molecule has 8 heteroatoms. The largest absolute Gasteiger partial charge is 0.341 e. The highest BCUT2D eigenvalue weighted by molar-refractivity contribution is 6.14. The number of hydrogen-bond acceptors (Lipinski definition) is 4. The first-order chi connectivity index (χ1) is 17.5. The van der Waals surface area contributed by atoms with Crippen LogP contribution in [0.15, 0.2) is 47.5 Å². The van der Waals surface area contributed by atoms with Crippen molar-refractivity contribution in [2.75, 3.05) is 29.9 Å². The van der Waals surface area contributed by atoms with E-state index in [9.17, 15) is 14.4 Å². The highest BCUT2D eigenvalue weighted by Crippen LogP contribution is 2.29. The number of carbonyl (C=O) groups is 3. The lowest BCUT2D eigenvalue weighted by Gasteiger charge is -2.31. The second-order valence-corrected chi connectivity index (χ2v) is 10.6. The molecular weight excluding hydrogens is 466 g/mol. The molecule has 0 fully saturated rings. The number of nitrogens with zero attached hydrogens (tertiary/aromatic N) is 3. The SMILES string of the molecule is CC1=N[C@@H](NC(=O)Nc2cccc(C)c2)C(=O)N(CC(=O)N(CC(C)C)CC(C)C)c2c(C)cccc21. The van der Waals surface area contributed by atoms with Crippen molar-refractivity contribution in [2.24, 2.45) is 16.8 Å². The maximum absolute atomic E-state index is 13.9. The number of benzodiazepines with no additional fused rings is 1. The van der Waals surface area contributed by atoms with E-state index in [2.05, 4.69) is 43.3 Å². The number of aryl methyl sites for hydroxylation is 2. The van der Waals surface area contributed by atoms with Crippen LogP contribution in [0, 0.1) is 25.7 Å². The summed E-state index contributed by atoms with van der Waals surface area (Å²) in [5.74, 6) is 0.00499. The third-order valence-electron chi connectivity index (χ3n) is 6.08. The molecule has 0 aliphatic carbocycles. The minimum absolute atomic E-state index is 0.128. The first-order valence-electron chi connectivity index (χ1n) is 12.8. The molecule has 2 aromatic carbocycles. The highest BCUT2D eigenvalue weighted by atomic mass is 16.2. The van der Waals surface area contributed by atoms with Crippen LogP contribution < -0.4 is 15.5 Å². The van der Waals surface area contributed by atoms with Crippen molar-refractivity contribution in [2.45, 2.75) is 54.6 Å². The topological polar surface area (TPSA) is 94.1 Å². The quantitative estimate of drug-likeness (QED) is 0.542. The smallest absolute Gasteiger partial charge is 0.321 e. The molecule has 0 radical (unpaired) electrons. The van der Waals surface area contributed by atoms with Gasteiger partial charge in [-0.3, -0.25) is 19.5 Å². The summed E-state index contributed by atoms with van der Waals surface area (Å²) in [4.78, 5) is 48.1. The highest BCUT2D eigenvalue weighted by Gasteiger charge is 2.34. The lowest BCUT2D eigenvalue weighted by Crippen LogP contribution is -2.52. The lowest BCUT2D eigenvalue weighted by atomic mass is 10.0. The van der Waals surface area contributed by atoms with Crippen molar-refractivity contribution < 1.29 is 14.4 Å². The van der Waals surface area contributed by atoms with Crippen LogP contribution in [-0.4, -0.2) is 54.3 Å². The summed E-state index contributed by atoms with van der Waals surface area (Å²) in [6, 6.07) is 12.5. The minimum atomic E-state index is -1.17. The van der Waals surface area contributed by atoms with Crippen molar-refractivity contribution in [1.29, 1.82) is 0 Å². The molecule has 1 heterocycles. The first kappa shape index (κ1) is 27.9. The van der Waals surface area contributed by atoms with Gasteiger partial charge in [0.2, 0.25) is 12.1 Å². The van der Waals surface area contributed by atoms with Gasteiger partial charge in [-0.05, 0) is 55.9 Å². The van der Waals surface area contributed by atoms with E-state index in [0.717, 1.165) is 16.7 Å². The van der Waals surface area contributed by atoms with Crippen LogP contribution in [0.5, 0.6) is 0 Å². The van der Waals surface area contributed by atoms with E-state index in [1.54, 1.807) is 6.07 Å². The number of amides is 4. The number of hydrogen-bond donors (Lipinski definition) is 2. The molecule has 1 atom stereocenters. The number of nitrogens with one attached hydrogen (secondary N) is 2. The summed E-state index contributed by atoms with van der Waals surface area (Å²) in [7, 11) is 0. The number of rotatable bonds is 8. The van der Waals surface area contributed by atoms with Gasteiger partial charge in [0.15, 0.2) is 0 Å². The van der Waals surface area contributed by atoms with Crippen LogP contribution >= 0.6 is 0 Å². The van der Waals surface area contributed by atoms with Gasteiger partial charge in [0.1, 0.15) is 6.54 Å². The fraction of sp³-hybridized carbons (Fsp3) is 0.448. The zero-order valence-corrected chi connectivity index (χ0v) is 23.0. The van der Waals surface area contributed by atoms with E-state index in [4.69, 9.17) is 0 Å². The zero-order chi connectivity index (χ0) is 27.3. The molecule has 1 aliphatic heterocycles. The molecule has 0 saturated heterocycles. The number of fused-ring (bicyclic) bond motifs is 1. The molecule has 0 spiro atoms. The van der Waals surface area contributed by atoms with Gasteiger partial charge in [0.05, 0.1) is 5.69 Å². The first-order valence-corrected chi connectivity index (χ1v) is 12.8. The van der Waals surface area contributed by atoms with Crippen LogP contribution in [0.1, 0.15) is 51.3 Å². The van der Waals surface area contributed by atoms with Crippen molar-refractivity contribution in [1.82, 2.24) is 10.2 Å². The van der Waals surface area contributed by atoms with Gasteiger partial charge >= 0.3 is 6.03 Å². The summed E-state index contributed by atoms with van der Waals surface area (Å²) in [6.07, 6.45) is -1.17. The second-order valence-electron chi connectivity index (χ2n) is 10.6.